The Morgan fingerprint density at radius 1 is 1.04 bits per heavy atom. The molecule has 2 aromatic carbocycles. The minimum absolute atomic E-state index is 0.0462. The first-order valence-corrected chi connectivity index (χ1v) is 6.96. The Balaban J connectivity index is 2.04. The van der Waals surface area contributed by atoms with E-state index in [-0.39, 0.29) is 11.4 Å². The van der Waals surface area contributed by atoms with Crippen LogP contribution in [0.5, 0.6) is 5.75 Å². The molecule has 0 aliphatic rings. The van der Waals surface area contributed by atoms with E-state index < -0.39 is 24.3 Å². The molecule has 0 radical (unpaired) electrons. The summed E-state index contributed by atoms with van der Waals surface area (Å²) in [5.41, 5.74) is -0.377. The SMILES string of the molecule is O=C(/C=C/c1ccc(C(F)(F)F)cc1)Nc1ccccc1OC(F)F. The quantitative estimate of drug-likeness (QED) is 0.607. The van der Waals surface area contributed by atoms with Crippen molar-refractivity contribution in [1.29, 1.82) is 0 Å². The van der Waals surface area contributed by atoms with Gasteiger partial charge in [-0.2, -0.15) is 22.0 Å². The standard InChI is InChI=1S/C17H12F5NO2/c18-16(19)25-14-4-2-1-3-13(14)23-15(24)10-7-11-5-8-12(9-6-11)17(20,21)22/h1-10,16H,(H,23,24)/b10-7+. The molecule has 0 aliphatic carbocycles. The Kier molecular flexibility index (Phi) is 5.74. The van der Waals surface area contributed by atoms with Gasteiger partial charge in [-0.3, -0.25) is 4.79 Å². The Morgan fingerprint density at radius 2 is 1.68 bits per heavy atom. The third-order valence-electron chi connectivity index (χ3n) is 3.03. The van der Waals surface area contributed by atoms with Gasteiger partial charge in [-0.15, -0.1) is 0 Å². The smallest absolute Gasteiger partial charge is 0.416 e. The van der Waals surface area contributed by atoms with Crippen LogP contribution >= 0.6 is 0 Å². The lowest BCUT2D eigenvalue weighted by molar-refractivity contribution is -0.137. The maximum absolute atomic E-state index is 12.5. The molecule has 0 fully saturated rings. The Bertz CT molecular complexity index is 754. The normalized spacial score (nSPS) is 11.8. The van der Waals surface area contributed by atoms with Crippen molar-refractivity contribution in [1.82, 2.24) is 0 Å². The number of ether oxygens (including phenoxy) is 1. The number of para-hydroxylation sites is 2. The second-order valence-corrected chi connectivity index (χ2v) is 4.82. The van der Waals surface area contributed by atoms with Gasteiger partial charge in [0.15, 0.2) is 0 Å². The van der Waals surface area contributed by atoms with E-state index in [0.29, 0.717) is 5.56 Å². The van der Waals surface area contributed by atoms with Crippen molar-refractivity contribution in [3.63, 3.8) is 0 Å². The zero-order chi connectivity index (χ0) is 18.4. The highest BCUT2D eigenvalue weighted by molar-refractivity contribution is 6.02. The third-order valence-corrected chi connectivity index (χ3v) is 3.03. The predicted molar refractivity (Wildman–Crippen MR) is 82.2 cm³/mol. The van der Waals surface area contributed by atoms with E-state index in [0.717, 1.165) is 18.2 Å². The number of nitrogens with one attached hydrogen (secondary N) is 1. The molecule has 132 valence electrons. The molecule has 0 aliphatic heterocycles. The molecule has 0 bridgehead atoms. The number of amides is 1. The summed E-state index contributed by atoms with van der Waals surface area (Å²) in [6.45, 7) is -3.04. The van der Waals surface area contributed by atoms with E-state index in [9.17, 15) is 26.7 Å². The van der Waals surface area contributed by atoms with Gasteiger partial charge in [0.05, 0.1) is 11.3 Å². The van der Waals surface area contributed by atoms with Crippen LogP contribution in [-0.4, -0.2) is 12.5 Å². The lowest BCUT2D eigenvalue weighted by Crippen LogP contribution is -2.11. The first kappa shape index (κ1) is 18.4. The van der Waals surface area contributed by atoms with Gasteiger partial charge in [-0.25, -0.2) is 0 Å². The van der Waals surface area contributed by atoms with Crippen molar-refractivity contribution in [3.05, 3.63) is 65.7 Å². The Morgan fingerprint density at radius 3 is 2.28 bits per heavy atom. The molecule has 3 nitrogen and oxygen atoms in total. The van der Waals surface area contributed by atoms with Crippen LogP contribution < -0.4 is 10.1 Å². The number of alkyl halides is 5. The van der Waals surface area contributed by atoms with Crippen LogP contribution in [0.3, 0.4) is 0 Å². The summed E-state index contributed by atoms with van der Waals surface area (Å²) in [7, 11) is 0. The van der Waals surface area contributed by atoms with Crippen molar-refractivity contribution < 1.29 is 31.5 Å². The summed E-state index contributed by atoms with van der Waals surface area (Å²) < 4.78 is 66.2. The third kappa shape index (κ3) is 5.59. The molecule has 0 heterocycles. The highest BCUT2D eigenvalue weighted by atomic mass is 19.4. The van der Waals surface area contributed by atoms with Crippen molar-refractivity contribution in [2.75, 3.05) is 5.32 Å². The van der Waals surface area contributed by atoms with Gasteiger partial charge in [0.1, 0.15) is 5.75 Å². The Labute approximate surface area is 139 Å². The van der Waals surface area contributed by atoms with Crippen molar-refractivity contribution in [2.45, 2.75) is 12.8 Å². The van der Waals surface area contributed by atoms with Crippen LogP contribution in [0.2, 0.25) is 0 Å². The number of anilines is 1. The number of hydrogen-bond donors (Lipinski definition) is 1. The van der Waals surface area contributed by atoms with Crippen molar-refractivity contribution >= 4 is 17.7 Å². The highest BCUT2D eigenvalue weighted by Crippen LogP contribution is 2.29. The van der Waals surface area contributed by atoms with Crippen LogP contribution in [0.15, 0.2) is 54.6 Å². The monoisotopic (exact) mass is 357 g/mol. The molecular weight excluding hydrogens is 345 g/mol. The maximum Gasteiger partial charge on any atom is 0.416 e. The molecule has 0 aromatic heterocycles. The van der Waals surface area contributed by atoms with Crippen LogP contribution in [0.25, 0.3) is 6.08 Å². The molecule has 0 unspecified atom stereocenters. The summed E-state index contributed by atoms with van der Waals surface area (Å²) in [4.78, 5) is 11.8. The summed E-state index contributed by atoms with van der Waals surface area (Å²) in [5.74, 6) is -0.848. The first-order valence-electron chi connectivity index (χ1n) is 6.96. The van der Waals surface area contributed by atoms with E-state index in [1.54, 1.807) is 0 Å². The van der Waals surface area contributed by atoms with Gasteiger partial charge < -0.3 is 10.1 Å². The summed E-state index contributed by atoms with van der Waals surface area (Å²) in [6.07, 6.45) is -2.07. The number of carbonyl (C=O) groups is 1. The number of rotatable bonds is 5. The molecule has 0 saturated carbocycles. The minimum Gasteiger partial charge on any atom is -0.433 e. The van der Waals surface area contributed by atoms with Gasteiger partial charge in [0.2, 0.25) is 5.91 Å². The average Bonchev–Trinajstić information content (AvgIpc) is 2.54. The van der Waals surface area contributed by atoms with Crippen molar-refractivity contribution in [2.24, 2.45) is 0 Å². The van der Waals surface area contributed by atoms with Gasteiger partial charge in [0.25, 0.3) is 0 Å². The fraction of sp³-hybridized carbons (Fsp3) is 0.118. The van der Waals surface area contributed by atoms with E-state index in [2.05, 4.69) is 10.1 Å². The number of carbonyl (C=O) groups excluding carboxylic acids is 1. The van der Waals surface area contributed by atoms with Crippen LogP contribution in [-0.2, 0) is 11.0 Å². The number of hydrogen-bond acceptors (Lipinski definition) is 2. The lowest BCUT2D eigenvalue weighted by atomic mass is 10.1. The van der Waals surface area contributed by atoms with Crippen LogP contribution in [0.1, 0.15) is 11.1 Å². The van der Waals surface area contributed by atoms with Crippen LogP contribution in [0.4, 0.5) is 27.6 Å². The highest BCUT2D eigenvalue weighted by Gasteiger charge is 2.29. The molecular formula is C17H12F5NO2. The predicted octanol–water partition coefficient (Wildman–Crippen LogP) is 4.96. The fourth-order valence-corrected chi connectivity index (χ4v) is 1.90. The summed E-state index contributed by atoms with van der Waals surface area (Å²) in [6, 6.07) is 9.83. The topological polar surface area (TPSA) is 38.3 Å². The first-order chi connectivity index (χ1) is 11.8. The maximum atomic E-state index is 12.5. The number of benzene rings is 2. The molecule has 1 amide bonds. The van der Waals surface area contributed by atoms with E-state index >= 15 is 0 Å². The lowest BCUT2D eigenvalue weighted by Gasteiger charge is -2.10. The minimum atomic E-state index is -4.44. The van der Waals surface area contributed by atoms with Crippen molar-refractivity contribution in [3.8, 4) is 5.75 Å². The molecule has 2 rings (SSSR count). The molecule has 8 heteroatoms. The summed E-state index contributed by atoms with van der Waals surface area (Å²) >= 11 is 0. The molecule has 0 saturated heterocycles. The van der Waals surface area contributed by atoms with E-state index in [1.165, 1.54) is 42.5 Å². The van der Waals surface area contributed by atoms with Crippen LogP contribution in [0, 0.1) is 0 Å². The van der Waals surface area contributed by atoms with Gasteiger partial charge in [-0.05, 0) is 35.9 Å². The summed E-state index contributed by atoms with van der Waals surface area (Å²) in [5, 5.41) is 2.36. The molecule has 1 N–H and O–H groups in total. The zero-order valence-electron chi connectivity index (χ0n) is 12.6. The second kappa shape index (κ2) is 7.78. The zero-order valence-corrected chi connectivity index (χ0v) is 12.6. The largest absolute Gasteiger partial charge is 0.433 e. The molecule has 0 spiro atoms. The Hall–Kier alpha value is -2.90. The van der Waals surface area contributed by atoms with E-state index in [1.807, 2.05) is 0 Å². The number of halogens is 5. The second-order valence-electron chi connectivity index (χ2n) is 4.82. The van der Waals surface area contributed by atoms with E-state index in [4.69, 9.17) is 0 Å². The van der Waals surface area contributed by atoms with Gasteiger partial charge in [-0.1, -0.05) is 24.3 Å². The average molecular weight is 357 g/mol. The fourth-order valence-electron chi connectivity index (χ4n) is 1.90. The van der Waals surface area contributed by atoms with Gasteiger partial charge in [0, 0.05) is 6.08 Å². The molecule has 25 heavy (non-hydrogen) atoms. The van der Waals surface area contributed by atoms with Gasteiger partial charge >= 0.3 is 12.8 Å². The molecule has 0 atom stereocenters. The molecule has 2 aromatic rings.